The molecule has 1 saturated carbocycles. The number of nitrogens with one attached hydrogen (secondary N) is 1. The van der Waals surface area contributed by atoms with Crippen LogP contribution in [0.4, 0.5) is 0 Å². The summed E-state index contributed by atoms with van der Waals surface area (Å²) in [6.07, 6.45) is 2.12. The summed E-state index contributed by atoms with van der Waals surface area (Å²) < 4.78 is 30.6. The van der Waals surface area contributed by atoms with Crippen LogP contribution in [0.25, 0.3) is 0 Å². The zero-order chi connectivity index (χ0) is 21.8. The first kappa shape index (κ1) is 23.3. The second-order valence-corrected chi connectivity index (χ2v) is 9.49. The van der Waals surface area contributed by atoms with Crippen molar-refractivity contribution in [3.8, 4) is 0 Å². The van der Waals surface area contributed by atoms with Gasteiger partial charge in [0.05, 0.1) is 17.6 Å². The number of benzene rings is 1. The van der Waals surface area contributed by atoms with E-state index in [1.165, 1.54) is 45.3 Å². The molecule has 0 saturated heterocycles. The Morgan fingerprint density at radius 3 is 2.59 bits per heavy atom. The average Bonchev–Trinajstić information content (AvgIpc) is 2.70. The first-order valence-electron chi connectivity index (χ1n) is 9.72. The highest BCUT2D eigenvalue weighted by molar-refractivity contribution is 7.89. The maximum absolute atomic E-state index is 12.5. The number of ether oxygens (including phenoxy) is 1. The summed E-state index contributed by atoms with van der Waals surface area (Å²) in [7, 11) is -1.42. The molecule has 162 valence electrons. The Bertz CT molecular complexity index is 841. The minimum Gasteiger partial charge on any atom is -0.449 e. The number of amides is 1. The van der Waals surface area contributed by atoms with E-state index in [1.807, 2.05) is 0 Å². The number of sulfonamides is 1. The van der Waals surface area contributed by atoms with E-state index in [1.54, 1.807) is 0 Å². The summed E-state index contributed by atoms with van der Waals surface area (Å²) in [5.74, 6) is -0.237. The van der Waals surface area contributed by atoms with E-state index in [2.05, 4.69) is 19.2 Å². The van der Waals surface area contributed by atoms with Gasteiger partial charge in [0.25, 0.3) is 15.9 Å². The summed E-state index contributed by atoms with van der Waals surface area (Å²) >= 11 is 0. The van der Waals surface area contributed by atoms with Gasteiger partial charge in [0.15, 0.2) is 6.10 Å². The summed E-state index contributed by atoms with van der Waals surface area (Å²) in [5.41, 5.74) is 0.0369. The van der Waals surface area contributed by atoms with Crippen molar-refractivity contribution in [2.24, 2.45) is 11.8 Å². The van der Waals surface area contributed by atoms with Crippen molar-refractivity contribution in [1.29, 1.82) is 0 Å². The SMILES string of the molecule is CON(C)S(=O)(=O)c1cccc(C(=O)O[C@H](C)C(=O)N[C@@H]2CCC[C@@H](C)[C@H]2C)c1. The van der Waals surface area contributed by atoms with E-state index in [9.17, 15) is 18.0 Å². The Hall–Kier alpha value is -1.97. The van der Waals surface area contributed by atoms with Gasteiger partial charge < -0.3 is 10.1 Å². The molecule has 1 aromatic carbocycles. The van der Waals surface area contributed by atoms with Crippen molar-refractivity contribution in [3.05, 3.63) is 29.8 Å². The summed E-state index contributed by atoms with van der Waals surface area (Å²) in [5, 5.41) is 2.98. The fraction of sp³-hybridized carbons (Fsp3) is 0.600. The molecular weight excluding hydrogens is 396 g/mol. The van der Waals surface area contributed by atoms with E-state index in [4.69, 9.17) is 9.57 Å². The van der Waals surface area contributed by atoms with Crippen LogP contribution in [0.1, 0.15) is 50.4 Å². The van der Waals surface area contributed by atoms with Crippen LogP contribution in [0.3, 0.4) is 0 Å². The third-order valence-corrected chi connectivity index (χ3v) is 7.33. The monoisotopic (exact) mass is 426 g/mol. The van der Waals surface area contributed by atoms with Gasteiger partial charge in [0.2, 0.25) is 0 Å². The molecule has 1 amide bonds. The molecule has 0 bridgehead atoms. The van der Waals surface area contributed by atoms with E-state index >= 15 is 0 Å². The lowest BCUT2D eigenvalue weighted by Gasteiger charge is -2.35. The number of rotatable bonds is 7. The molecule has 0 spiro atoms. The molecule has 1 aromatic rings. The van der Waals surface area contributed by atoms with Crippen molar-refractivity contribution < 1.29 is 27.6 Å². The first-order valence-corrected chi connectivity index (χ1v) is 11.2. The number of nitrogens with zero attached hydrogens (tertiary/aromatic N) is 1. The smallest absolute Gasteiger partial charge is 0.338 e. The van der Waals surface area contributed by atoms with E-state index in [0.29, 0.717) is 16.3 Å². The van der Waals surface area contributed by atoms with Crippen LogP contribution in [0.2, 0.25) is 0 Å². The molecule has 0 radical (unpaired) electrons. The molecule has 29 heavy (non-hydrogen) atoms. The number of hydrogen-bond acceptors (Lipinski definition) is 6. The van der Waals surface area contributed by atoms with E-state index in [0.717, 1.165) is 19.3 Å². The fourth-order valence-electron chi connectivity index (χ4n) is 3.40. The van der Waals surface area contributed by atoms with Gasteiger partial charge in [-0.1, -0.05) is 37.2 Å². The Balaban J connectivity index is 2.04. The van der Waals surface area contributed by atoms with Gasteiger partial charge in [0.1, 0.15) is 0 Å². The average molecular weight is 427 g/mol. The Labute approximate surface area is 172 Å². The van der Waals surface area contributed by atoms with E-state index < -0.39 is 22.1 Å². The van der Waals surface area contributed by atoms with Crippen LogP contribution in [0.15, 0.2) is 29.2 Å². The fourth-order valence-corrected chi connectivity index (χ4v) is 4.42. The minimum atomic E-state index is -3.90. The number of carbonyl (C=O) groups excluding carboxylic acids is 2. The van der Waals surface area contributed by atoms with Gasteiger partial charge in [0, 0.05) is 13.1 Å². The van der Waals surface area contributed by atoms with Crippen molar-refractivity contribution in [1.82, 2.24) is 9.79 Å². The summed E-state index contributed by atoms with van der Waals surface area (Å²) in [6.45, 7) is 5.80. The standard InChI is InChI=1S/C20H30N2O6S/c1-13-8-6-11-18(14(13)2)21-19(23)15(3)28-20(24)16-9-7-10-17(12-16)29(25,26)22(4)27-5/h7,9-10,12-15,18H,6,8,11H2,1-5H3,(H,21,23)/t13-,14-,15-,18-/m1/s1. The molecule has 1 aliphatic rings. The Morgan fingerprint density at radius 2 is 1.93 bits per heavy atom. The van der Waals surface area contributed by atoms with Crippen molar-refractivity contribution in [3.63, 3.8) is 0 Å². The summed E-state index contributed by atoms with van der Waals surface area (Å²) in [6, 6.07) is 5.48. The van der Waals surface area contributed by atoms with Crippen LogP contribution in [-0.4, -0.2) is 51.1 Å². The zero-order valence-corrected chi connectivity index (χ0v) is 18.4. The van der Waals surface area contributed by atoms with Crippen LogP contribution in [0, 0.1) is 11.8 Å². The predicted molar refractivity (Wildman–Crippen MR) is 107 cm³/mol. The Kier molecular flexibility index (Phi) is 7.79. The highest BCUT2D eigenvalue weighted by atomic mass is 32.2. The van der Waals surface area contributed by atoms with Gasteiger partial charge in [-0.2, -0.15) is 0 Å². The third-order valence-electron chi connectivity index (χ3n) is 5.65. The predicted octanol–water partition coefficient (Wildman–Crippen LogP) is 2.35. The lowest BCUT2D eigenvalue weighted by molar-refractivity contribution is -0.130. The molecule has 1 fully saturated rings. The second kappa shape index (κ2) is 9.69. The number of hydrogen-bond donors (Lipinski definition) is 1. The Morgan fingerprint density at radius 1 is 1.24 bits per heavy atom. The molecule has 8 nitrogen and oxygen atoms in total. The first-order chi connectivity index (χ1) is 13.6. The van der Waals surface area contributed by atoms with Crippen molar-refractivity contribution >= 4 is 21.9 Å². The van der Waals surface area contributed by atoms with Crippen LogP contribution < -0.4 is 5.32 Å². The molecule has 9 heteroatoms. The molecular formula is C20H30N2O6S. The molecule has 0 aliphatic heterocycles. The van der Waals surface area contributed by atoms with Crippen LogP contribution in [0.5, 0.6) is 0 Å². The van der Waals surface area contributed by atoms with Gasteiger partial charge in [-0.25, -0.2) is 13.2 Å². The number of hydroxylamine groups is 1. The topological polar surface area (TPSA) is 102 Å². The van der Waals surface area contributed by atoms with E-state index in [-0.39, 0.29) is 22.4 Å². The highest BCUT2D eigenvalue weighted by Gasteiger charge is 2.30. The number of carbonyl (C=O) groups is 2. The maximum Gasteiger partial charge on any atom is 0.338 e. The van der Waals surface area contributed by atoms with Crippen molar-refractivity contribution in [2.75, 3.05) is 14.2 Å². The normalized spacial score (nSPS) is 23.4. The molecule has 1 aliphatic carbocycles. The largest absolute Gasteiger partial charge is 0.449 e. The quantitative estimate of drug-likeness (QED) is 0.530. The van der Waals surface area contributed by atoms with Gasteiger partial charge >= 0.3 is 5.97 Å². The lowest BCUT2D eigenvalue weighted by Crippen LogP contribution is -2.47. The van der Waals surface area contributed by atoms with Gasteiger partial charge in [-0.3, -0.25) is 9.63 Å². The van der Waals surface area contributed by atoms with Crippen molar-refractivity contribution in [2.45, 2.75) is 57.1 Å². The molecule has 2 rings (SSSR count). The third kappa shape index (κ3) is 5.55. The maximum atomic E-state index is 12.5. The molecule has 0 unspecified atom stereocenters. The lowest BCUT2D eigenvalue weighted by atomic mass is 9.78. The molecule has 0 heterocycles. The highest BCUT2D eigenvalue weighted by Crippen LogP contribution is 2.29. The second-order valence-electron chi connectivity index (χ2n) is 7.56. The minimum absolute atomic E-state index is 0.0369. The molecule has 1 N–H and O–H groups in total. The summed E-state index contributed by atoms with van der Waals surface area (Å²) in [4.78, 5) is 29.5. The zero-order valence-electron chi connectivity index (χ0n) is 17.5. The van der Waals surface area contributed by atoms with Gasteiger partial charge in [-0.05, 0) is 43.4 Å². The van der Waals surface area contributed by atoms with Crippen LogP contribution >= 0.6 is 0 Å². The van der Waals surface area contributed by atoms with Gasteiger partial charge in [-0.15, -0.1) is 0 Å². The molecule has 0 aromatic heterocycles. The molecule has 4 atom stereocenters. The van der Waals surface area contributed by atoms with Crippen LogP contribution in [-0.2, 0) is 24.4 Å². The number of esters is 1.